The van der Waals surface area contributed by atoms with Crippen LogP contribution in [0, 0.1) is 0 Å². The summed E-state index contributed by atoms with van der Waals surface area (Å²) in [5, 5.41) is 13.1. The van der Waals surface area contributed by atoms with Crippen molar-refractivity contribution in [2.45, 2.75) is 24.9 Å². The molecule has 0 spiro atoms. The summed E-state index contributed by atoms with van der Waals surface area (Å²) in [7, 11) is 2.07. The van der Waals surface area contributed by atoms with Crippen molar-refractivity contribution in [3.8, 4) is 0 Å². The lowest BCUT2D eigenvalue weighted by atomic mass is 9.89. The molecule has 0 aliphatic carbocycles. The van der Waals surface area contributed by atoms with Crippen molar-refractivity contribution >= 4 is 34.6 Å². The van der Waals surface area contributed by atoms with Crippen molar-refractivity contribution in [2.75, 3.05) is 29.9 Å². The van der Waals surface area contributed by atoms with E-state index in [9.17, 15) is 4.79 Å². The van der Waals surface area contributed by atoms with Gasteiger partial charge in [0.1, 0.15) is 0 Å². The van der Waals surface area contributed by atoms with E-state index in [2.05, 4.69) is 46.4 Å². The molecule has 4 rings (SSSR count). The van der Waals surface area contributed by atoms with E-state index >= 15 is 0 Å². The van der Waals surface area contributed by atoms with Crippen LogP contribution in [0.2, 0.25) is 5.02 Å². The standard InChI is InChI=1S/C20H22ClN3O2/c1-23-16-7-3-2-5-14(16)20-15(22-12-19(25)26)6-4-10-24(20)18-11-13(21)8-9-17(18)23/h2-3,5,7-9,11,15,20,22H,4,6,10,12H2,1H3,(H,25,26)/t15-,20+/m0/s1. The Hall–Kier alpha value is -2.24. The number of rotatable bonds is 3. The number of benzene rings is 2. The molecule has 2 aromatic carbocycles. The monoisotopic (exact) mass is 371 g/mol. The van der Waals surface area contributed by atoms with Crippen LogP contribution in [-0.2, 0) is 4.79 Å². The van der Waals surface area contributed by atoms with Gasteiger partial charge in [0.15, 0.2) is 0 Å². The lowest BCUT2D eigenvalue weighted by Crippen LogP contribution is -2.49. The molecule has 6 heteroatoms. The third-order valence-corrected chi connectivity index (χ3v) is 5.61. The van der Waals surface area contributed by atoms with Crippen molar-refractivity contribution in [3.05, 3.63) is 53.1 Å². The summed E-state index contributed by atoms with van der Waals surface area (Å²) in [6.45, 7) is 0.890. The van der Waals surface area contributed by atoms with Crippen LogP contribution >= 0.6 is 11.6 Å². The lowest BCUT2D eigenvalue weighted by molar-refractivity contribution is -0.136. The van der Waals surface area contributed by atoms with Gasteiger partial charge in [0.05, 0.1) is 24.0 Å². The third kappa shape index (κ3) is 2.91. The Balaban J connectivity index is 1.87. The molecule has 2 aromatic rings. The summed E-state index contributed by atoms with van der Waals surface area (Å²) >= 11 is 6.32. The fraction of sp³-hybridized carbons (Fsp3) is 0.350. The Bertz CT molecular complexity index is 842. The molecule has 2 atom stereocenters. The Morgan fingerprint density at radius 2 is 2.04 bits per heavy atom. The first kappa shape index (κ1) is 17.2. The molecule has 1 fully saturated rings. The van der Waals surface area contributed by atoms with Gasteiger partial charge in [-0.15, -0.1) is 0 Å². The van der Waals surface area contributed by atoms with Crippen LogP contribution in [0.15, 0.2) is 42.5 Å². The largest absolute Gasteiger partial charge is 0.480 e. The summed E-state index contributed by atoms with van der Waals surface area (Å²) in [5.41, 5.74) is 4.57. The zero-order chi connectivity index (χ0) is 18.3. The molecule has 2 N–H and O–H groups in total. The van der Waals surface area contributed by atoms with Gasteiger partial charge in [-0.1, -0.05) is 29.8 Å². The van der Waals surface area contributed by atoms with Crippen molar-refractivity contribution < 1.29 is 9.90 Å². The number of piperidine rings is 1. The molecule has 0 aromatic heterocycles. The Labute approximate surface area is 158 Å². The van der Waals surface area contributed by atoms with Gasteiger partial charge in [-0.2, -0.15) is 0 Å². The second-order valence-corrected chi connectivity index (χ2v) is 7.35. The lowest BCUT2D eigenvalue weighted by Gasteiger charge is -2.43. The Kier molecular flexibility index (Phi) is 4.51. The number of nitrogens with one attached hydrogen (secondary N) is 1. The van der Waals surface area contributed by atoms with Gasteiger partial charge >= 0.3 is 5.97 Å². The van der Waals surface area contributed by atoms with E-state index in [0.29, 0.717) is 5.02 Å². The maximum Gasteiger partial charge on any atom is 0.317 e. The van der Waals surface area contributed by atoms with Gasteiger partial charge in [0, 0.05) is 30.3 Å². The summed E-state index contributed by atoms with van der Waals surface area (Å²) in [6.07, 6.45) is 1.95. The predicted molar refractivity (Wildman–Crippen MR) is 105 cm³/mol. The zero-order valence-corrected chi connectivity index (χ0v) is 15.4. The molecule has 0 unspecified atom stereocenters. The first-order valence-corrected chi connectivity index (χ1v) is 9.28. The first-order chi connectivity index (χ1) is 12.6. The number of nitrogens with zero attached hydrogens (tertiary/aromatic N) is 2. The van der Waals surface area contributed by atoms with Crippen LogP contribution in [0.5, 0.6) is 0 Å². The number of hydrogen-bond acceptors (Lipinski definition) is 4. The van der Waals surface area contributed by atoms with E-state index in [0.717, 1.165) is 36.4 Å². The van der Waals surface area contributed by atoms with Crippen LogP contribution in [0.1, 0.15) is 24.4 Å². The minimum absolute atomic E-state index is 0.0323. The Morgan fingerprint density at radius 3 is 2.85 bits per heavy atom. The first-order valence-electron chi connectivity index (χ1n) is 8.90. The van der Waals surface area contributed by atoms with E-state index < -0.39 is 5.97 Å². The highest BCUT2D eigenvalue weighted by Gasteiger charge is 2.38. The highest BCUT2D eigenvalue weighted by Crippen LogP contribution is 2.48. The van der Waals surface area contributed by atoms with Crippen molar-refractivity contribution in [1.82, 2.24) is 5.32 Å². The fourth-order valence-corrected chi connectivity index (χ4v) is 4.43. The number of fused-ring (bicyclic) bond motifs is 5. The number of anilines is 3. The van der Waals surface area contributed by atoms with Crippen LogP contribution in [0.25, 0.3) is 0 Å². The number of carboxylic acids is 1. The molecule has 136 valence electrons. The van der Waals surface area contributed by atoms with Gasteiger partial charge < -0.3 is 20.2 Å². The summed E-state index contributed by atoms with van der Waals surface area (Å²) in [5.74, 6) is -0.829. The molecule has 0 radical (unpaired) electrons. The molecule has 26 heavy (non-hydrogen) atoms. The quantitative estimate of drug-likeness (QED) is 0.859. The molecule has 2 heterocycles. The van der Waals surface area contributed by atoms with E-state index in [1.54, 1.807) is 0 Å². The number of halogens is 1. The van der Waals surface area contributed by atoms with Crippen LogP contribution in [0.3, 0.4) is 0 Å². The van der Waals surface area contributed by atoms with Gasteiger partial charge in [0.2, 0.25) is 0 Å². The van der Waals surface area contributed by atoms with Crippen LogP contribution in [-0.4, -0.2) is 37.3 Å². The van der Waals surface area contributed by atoms with Crippen molar-refractivity contribution in [3.63, 3.8) is 0 Å². The number of carbonyl (C=O) groups is 1. The summed E-state index contributed by atoms with van der Waals surface area (Å²) in [4.78, 5) is 15.7. The molecule has 2 aliphatic heterocycles. The molecule has 1 saturated heterocycles. The van der Waals surface area contributed by atoms with E-state index in [1.165, 1.54) is 5.56 Å². The van der Waals surface area contributed by atoms with Crippen molar-refractivity contribution in [2.24, 2.45) is 0 Å². The average molecular weight is 372 g/mol. The zero-order valence-electron chi connectivity index (χ0n) is 14.7. The molecule has 2 aliphatic rings. The van der Waals surface area contributed by atoms with Gasteiger partial charge in [0.25, 0.3) is 0 Å². The normalized spacial score (nSPS) is 21.5. The minimum Gasteiger partial charge on any atom is -0.480 e. The van der Waals surface area contributed by atoms with Crippen LogP contribution in [0.4, 0.5) is 17.1 Å². The molecular formula is C20H22ClN3O2. The summed E-state index contributed by atoms with van der Waals surface area (Å²) < 4.78 is 0. The predicted octanol–water partition coefficient (Wildman–Crippen LogP) is 3.81. The van der Waals surface area contributed by atoms with E-state index in [-0.39, 0.29) is 18.6 Å². The maximum absolute atomic E-state index is 11.1. The van der Waals surface area contributed by atoms with Crippen LogP contribution < -0.4 is 15.1 Å². The molecule has 0 bridgehead atoms. The van der Waals surface area contributed by atoms with Gasteiger partial charge in [-0.3, -0.25) is 4.79 Å². The van der Waals surface area contributed by atoms with E-state index in [4.69, 9.17) is 16.7 Å². The molecular weight excluding hydrogens is 350 g/mol. The second-order valence-electron chi connectivity index (χ2n) is 6.91. The SMILES string of the molecule is CN1c2ccccc2[C@@H]2[C@@H](NCC(=O)O)CCCN2c2cc(Cl)ccc21. The van der Waals surface area contributed by atoms with Gasteiger partial charge in [-0.25, -0.2) is 0 Å². The number of hydrogen-bond donors (Lipinski definition) is 2. The molecule has 0 amide bonds. The average Bonchev–Trinajstić information content (AvgIpc) is 2.74. The third-order valence-electron chi connectivity index (χ3n) is 5.37. The van der Waals surface area contributed by atoms with Gasteiger partial charge in [-0.05, 0) is 42.7 Å². The highest BCUT2D eigenvalue weighted by molar-refractivity contribution is 6.31. The number of carboxylic acid groups (broad SMARTS) is 1. The van der Waals surface area contributed by atoms with Crippen molar-refractivity contribution in [1.29, 1.82) is 0 Å². The number of aliphatic carboxylic acids is 1. The Morgan fingerprint density at radius 1 is 1.23 bits per heavy atom. The second kappa shape index (κ2) is 6.82. The highest BCUT2D eigenvalue weighted by atomic mass is 35.5. The fourth-order valence-electron chi connectivity index (χ4n) is 4.27. The molecule has 5 nitrogen and oxygen atoms in total. The summed E-state index contributed by atoms with van der Waals surface area (Å²) in [6, 6.07) is 14.5. The maximum atomic E-state index is 11.1. The topological polar surface area (TPSA) is 55.8 Å². The molecule has 0 saturated carbocycles. The van der Waals surface area contributed by atoms with E-state index in [1.807, 2.05) is 18.2 Å². The number of para-hydroxylation sites is 1. The minimum atomic E-state index is -0.829. The smallest absolute Gasteiger partial charge is 0.317 e.